The Labute approximate surface area is 166 Å². The van der Waals surface area contributed by atoms with E-state index in [1.54, 1.807) is 12.1 Å². The predicted molar refractivity (Wildman–Crippen MR) is 110 cm³/mol. The van der Waals surface area contributed by atoms with E-state index in [9.17, 15) is 4.79 Å². The maximum Gasteiger partial charge on any atom is 0.290 e. The van der Waals surface area contributed by atoms with Crippen LogP contribution in [0.1, 0.15) is 23.4 Å². The van der Waals surface area contributed by atoms with Crippen molar-refractivity contribution >= 4 is 5.91 Å². The maximum atomic E-state index is 12.1. The van der Waals surface area contributed by atoms with Crippen LogP contribution in [0.5, 0.6) is 11.7 Å². The van der Waals surface area contributed by atoms with Gasteiger partial charge in [-0.1, -0.05) is 18.2 Å². The summed E-state index contributed by atoms with van der Waals surface area (Å²) in [6.45, 7) is 5.64. The fraction of sp³-hybridized carbons (Fsp3) is 0.450. The standard InChI is InChI=1S/C20H31N5O3/c21-10-4-11-22-14-15-24-16-23-12-5-13-25-20(26)18-8-9-19(28-18)27-17-6-2-1-3-7-17/h1-3,6-9,22-24H,4-5,10-16,21H2,(H,25,26). The van der Waals surface area contributed by atoms with Crippen molar-refractivity contribution in [2.75, 3.05) is 45.9 Å². The van der Waals surface area contributed by atoms with E-state index in [1.165, 1.54) is 0 Å². The smallest absolute Gasteiger partial charge is 0.290 e. The van der Waals surface area contributed by atoms with Gasteiger partial charge in [0.1, 0.15) is 5.75 Å². The summed E-state index contributed by atoms with van der Waals surface area (Å²) >= 11 is 0. The lowest BCUT2D eigenvalue weighted by Gasteiger charge is -2.08. The molecule has 1 aromatic carbocycles. The van der Waals surface area contributed by atoms with Gasteiger partial charge in [-0.3, -0.25) is 4.79 Å². The van der Waals surface area contributed by atoms with Crippen molar-refractivity contribution in [2.24, 2.45) is 5.73 Å². The first kappa shape index (κ1) is 21.9. The molecule has 1 heterocycles. The number of nitrogens with two attached hydrogens (primary N) is 1. The van der Waals surface area contributed by atoms with Crippen molar-refractivity contribution in [3.8, 4) is 11.7 Å². The number of para-hydroxylation sites is 1. The number of ether oxygens (including phenoxy) is 1. The molecule has 0 spiro atoms. The van der Waals surface area contributed by atoms with Crippen LogP contribution < -0.4 is 31.7 Å². The molecule has 0 aliphatic heterocycles. The molecule has 0 unspecified atom stereocenters. The fourth-order valence-corrected chi connectivity index (χ4v) is 2.40. The Morgan fingerprint density at radius 2 is 1.64 bits per heavy atom. The number of hydrogen-bond donors (Lipinski definition) is 5. The van der Waals surface area contributed by atoms with E-state index in [4.69, 9.17) is 14.9 Å². The van der Waals surface area contributed by atoms with Gasteiger partial charge in [0, 0.05) is 32.4 Å². The molecule has 0 radical (unpaired) electrons. The van der Waals surface area contributed by atoms with Gasteiger partial charge in [0.25, 0.3) is 11.9 Å². The topological polar surface area (TPSA) is 114 Å². The van der Waals surface area contributed by atoms with E-state index < -0.39 is 0 Å². The minimum Gasteiger partial charge on any atom is -0.426 e. The molecule has 0 saturated heterocycles. The van der Waals surface area contributed by atoms with Gasteiger partial charge in [0.05, 0.1) is 0 Å². The number of carbonyl (C=O) groups excluding carboxylic acids is 1. The summed E-state index contributed by atoms with van der Waals surface area (Å²) in [6.07, 6.45) is 1.83. The highest BCUT2D eigenvalue weighted by Crippen LogP contribution is 2.23. The number of furan rings is 1. The van der Waals surface area contributed by atoms with Gasteiger partial charge < -0.3 is 36.2 Å². The third kappa shape index (κ3) is 9.01. The minimum atomic E-state index is -0.246. The summed E-state index contributed by atoms with van der Waals surface area (Å²) in [4.78, 5) is 12.1. The Morgan fingerprint density at radius 3 is 2.46 bits per heavy atom. The van der Waals surface area contributed by atoms with Gasteiger partial charge in [-0.2, -0.15) is 0 Å². The van der Waals surface area contributed by atoms with Crippen LogP contribution >= 0.6 is 0 Å². The Kier molecular flexibility index (Phi) is 10.7. The van der Waals surface area contributed by atoms with Crippen LogP contribution in [0.2, 0.25) is 0 Å². The Hall–Kier alpha value is -2.39. The normalized spacial score (nSPS) is 10.8. The number of rotatable bonds is 15. The molecule has 0 aliphatic rings. The molecule has 0 bridgehead atoms. The lowest BCUT2D eigenvalue weighted by Crippen LogP contribution is -2.36. The third-order valence-corrected chi connectivity index (χ3v) is 3.87. The van der Waals surface area contributed by atoms with E-state index in [-0.39, 0.29) is 11.7 Å². The molecule has 0 aliphatic carbocycles. The summed E-state index contributed by atoms with van der Waals surface area (Å²) in [7, 11) is 0. The number of benzene rings is 1. The van der Waals surface area contributed by atoms with Crippen molar-refractivity contribution in [1.82, 2.24) is 21.3 Å². The zero-order valence-electron chi connectivity index (χ0n) is 16.2. The first-order chi connectivity index (χ1) is 13.8. The number of amides is 1. The highest BCUT2D eigenvalue weighted by Gasteiger charge is 2.11. The third-order valence-electron chi connectivity index (χ3n) is 3.87. The van der Waals surface area contributed by atoms with Crippen LogP contribution in [0.4, 0.5) is 0 Å². The second kappa shape index (κ2) is 13.7. The molecular formula is C20H31N5O3. The summed E-state index contributed by atoms with van der Waals surface area (Å²) in [5.41, 5.74) is 5.43. The van der Waals surface area contributed by atoms with E-state index in [1.807, 2.05) is 30.3 Å². The largest absolute Gasteiger partial charge is 0.426 e. The van der Waals surface area contributed by atoms with Crippen LogP contribution in [0.25, 0.3) is 0 Å². The van der Waals surface area contributed by atoms with Gasteiger partial charge in [-0.25, -0.2) is 0 Å². The first-order valence-electron chi connectivity index (χ1n) is 9.73. The summed E-state index contributed by atoms with van der Waals surface area (Å²) in [5, 5.41) is 12.7. The van der Waals surface area contributed by atoms with Crippen LogP contribution in [0.3, 0.4) is 0 Å². The van der Waals surface area contributed by atoms with Crippen LogP contribution in [-0.2, 0) is 0 Å². The number of hydrogen-bond acceptors (Lipinski definition) is 7. The second-order valence-electron chi connectivity index (χ2n) is 6.21. The van der Waals surface area contributed by atoms with Gasteiger partial charge in [-0.05, 0) is 50.7 Å². The zero-order chi connectivity index (χ0) is 19.9. The van der Waals surface area contributed by atoms with Crippen LogP contribution in [-0.4, -0.2) is 51.8 Å². The van der Waals surface area contributed by atoms with Crippen LogP contribution in [0, 0.1) is 0 Å². The molecule has 2 aromatic rings. The predicted octanol–water partition coefficient (Wildman–Crippen LogP) is 1.27. The molecule has 0 atom stereocenters. The number of nitrogens with one attached hydrogen (secondary N) is 4. The van der Waals surface area contributed by atoms with Gasteiger partial charge in [0.15, 0.2) is 5.76 Å². The van der Waals surface area contributed by atoms with Crippen LogP contribution in [0.15, 0.2) is 46.9 Å². The Bertz CT molecular complexity index is 663. The van der Waals surface area contributed by atoms with Crippen molar-refractivity contribution in [2.45, 2.75) is 12.8 Å². The van der Waals surface area contributed by atoms with Crippen molar-refractivity contribution in [3.05, 3.63) is 48.2 Å². The molecule has 154 valence electrons. The Morgan fingerprint density at radius 1 is 0.893 bits per heavy atom. The lowest BCUT2D eigenvalue weighted by molar-refractivity contribution is 0.0920. The van der Waals surface area contributed by atoms with E-state index in [0.717, 1.165) is 52.2 Å². The van der Waals surface area contributed by atoms with E-state index in [2.05, 4.69) is 21.3 Å². The first-order valence-corrected chi connectivity index (χ1v) is 9.73. The average molecular weight is 390 g/mol. The molecule has 0 saturated carbocycles. The molecular weight excluding hydrogens is 358 g/mol. The van der Waals surface area contributed by atoms with Crippen molar-refractivity contribution in [3.63, 3.8) is 0 Å². The molecule has 6 N–H and O–H groups in total. The van der Waals surface area contributed by atoms with Gasteiger partial charge >= 0.3 is 0 Å². The van der Waals surface area contributed by atoms with E-state index >= 15 is 0 Å². The van der Waals surface area contributed by atoms with Gasteiger partial charge in [0.2, 0.25) is 0 Å². The molecule has 8 nitrogen and oxygen atoms in total. The molecule has 8 heteroatoms. The minimum absolute atomic E-state index is 0.239. The lowest BCUT2D eigenvalue weighted by atomic mass is 10.3. The summed E-state index contributed by atoms with van der Waals surface area (Å²) in [5.74, 6) is 0.948. The second-order valence-corrected chi connectivity index (χ2v) is 6.21. The van der Waals surface area contributed by atoms with Crippen molar-refractivity contribution in [1.29, 1.82) is 0 Å². The SMILES string of the molecule is NCCCNCCNCNCCCNC(=O)c1ccc(Oc2ccccc2)o1. The summed E-state index contributed by atoms with van der Waals surface area (Å²) < 4.78 is 11.0. The van der Waals surface area contributed by atoms with Crippen molar-refractivity contribution < 1.29 is 13.9 Å². The molecule has 0 fully saturated rings. The number of carbonyl (C=O) groups is 1. The zero-order valence-corrected chi connectivity index (χ0v) is 16.2. The maximum absolute atomic E-state index is 12.1. The van der Waals surface area contributed by atoms with Gasteiger partial charge in [-0.15, -0.1) is 0 Å². The monoisotopic (exact) mass is 389 g/mol. The summed E-state index contributed by atoms with van der Waals surface area (Å²) in [6, 6.07) is 12.5. The quantitative estimate of drug-likeness (QED) is 0.230. The highest BCUT2D eigenvalue weighted by atomic mass is 16.6. The fourth-order valence-electron chi connectivity index (χ4n) is 2.40. The highest BCUT2D eigenvalue weighted by molar-refractivity contribution is 5.91. The van der Waals surface area contributed by atoms with E-state index in [0.29, 0.717) is 18.2 Å². The molecule has 1 amide bonds. The molecule has 28 heavy (non-hydrogen) atoms. The Balaban J connectivity index is 1.49. The molecule has 2 rings (SSSR count). The average Bonchev–Trinajstić information content (AvgIpc) is 3.18. The molecule has 1 aromatic heterocycles.